The summed E-state index contributed by atoms with van der Waals surface area (Å²) >= 11 is 0. The van der Waals surface area contributed by atoms with Crippen molar-refractivity contribution in [2.75, 3.05) is 51.7 Å². The highest BCUT2D eigenvalue weighted by Gasteiger charge is 2.41. The van der Waals surface area contributed by atoms with E-state index in [1.165, 1.54) is 0 Å². The van der Waals surface area contributed by atoms with Crippen LogP contribution in [-0.4, -0.2) is 107 Å². The first-order chi connectivity index (χ1) is 15.5. The molecule has 2 aliphatic rings. The highest BCUT2D eigenvalue weighted by molar-refractivity contribution is 5.77. The van der Waals surface area contributed by atoms with E-state index in [-0.39, 0.29) is 5.91 Å². The molecule has 3 heterocycles. The van der Waals surface area contributed by atoms with Gasteiger partial charge in [-0.1, -0.05) is 0 Å². The number of likely N-dealkylation sites (N-methyl/N-ethyl adjacent to an activating group) is 1. The molecule has 2 N–H and O–H groups in total. The number of aliphatic carboxylic acids is 2. The maximum atomic E-state index is 11.8. The van der Waals surface area contributed by atoms with Crippen LogP contribution in [0.3, 0.4) is 0 Å². The normalized spacial score (nSPS) is 19.8. The molecule has 0 spiro atoms. The number of carbonyl (C=O) groups is 3. The van der Waals surface area contributed by atoms with Gasteiger partial charge in [-0.2, -0.15) is 26.3 Å². The summed E-state index contributed by atoms with van der Waals surface area (Å²) in [6, 6.07) is 1.84. The highest BCUT2D eigenvalue weighted by Crippen LogP contribution is 2.32. The van der Waals surface area contributed by atoms with Gasteiger partial charge in [-0.15, -0.1) is 0 Å². The summed E-state index contributed by atoms with van der Waals surface area (Å²) in [6.45, 7) is 4.56. The van der Waals surface area contributed by atoms with Gasteiger partial charge in [-0.3, -0.25) is 9.69 Å². The molecule has 2 fully saturated rings. The molecular formula is C18H23F6N5O5. The van der Waals surface area contributed by atoms with Crippen LogP contribution in [-0.2, 0) is 14.4 Å². The van der Waals surface area contributed by atoms with Gasteiger partial charge in [0, 0.05) is 52.7 Å². The van der Waals surface area contributed by atoms with Gasteiger partial charge in [0.05, 0.1) is 6.54 Å². The van der Waals surface area contributed by atoms with Gasteiger partial charge < -0.3 is 20.0 Å². The molecule has 2 saturated heterocycles. The second-order valence-corrected chi connectivity index (χ2v) is 7.56. The van der Waals surface area contributed by atoms with Crippen LogP contribution in [0.2, 0.25) is 0 Å². The van der Waals surface area contributed by atoms with Crippen LogP contribution in [0.4, 0.5) is 32.3 Å². The lowest BCUT2D eigenvalue weighted by atomic mass is 10.0. The molecule has 0 aliphatic carbocycles. The average molecular weight is 503 g/mol. The van der Waals surface area contributed by atoms with Crippen molar-refractivity contribution < 1.29 is 50.9 Å². The zero-order valence-electron chi connectivity index (χ0n) is 18.0. The Labute approximate surface area is 189 Å². The van der Waals surface area contributed by atoms with Crippen molar-refractivity contribution in [1.29, 1.82) is 0 Å². The second-order valence-electron chi connectivity index (χ2n) is 7.56. The molecule has 0 saturated carbocycles. The molecule has 34 heavy (non-hydrogen) atoms. The van der Waals surface area contributed by atoms with Crippen LogP contribution in [0.15, 0.2) is 18.5 Å². The lowest BCUT2D eigenvalue weighted by Gasteiger charge is -2.22. The zero-order chi connectivity index (χ0) is 26.3. The number of hydrogen-bond donors (Lipinski definition) is 2. The Balaban J connectivity index is 0.000000343. The molecule has 2 atom stereocenters. The SMILES string of the molecule is CN(C)C(=O)CN1C[C@@H]2CN(c3ncccn3)C[C@@H]2C1.O=C(O)C(F)(F)F.O=C(O)C(F)(F)F. The Hall–Kier alpha value is -3.17. The van der Waals surface area contributed by atoms with Crippen molar-refractivity contribution >= 4 is 23.8 Å². The zero-order valence-corrected chi connectivity index (χ0v) is 18.0. The molecule has 16 heteroatoms. The summed E-state index contributed by atoms with van der Waals surface area (Å²) in [6.07, 6.45) is -6.59. The summed E-state index contributed by atoms with van der Waals surface area (Å²) in [4.78, 5) is 44.4. The maximum absolute atomic E-state index is 11.8. The first kappa shape index (κ1) is 28.9. The van der Waals surface area contributed by atoms with E-state index < -0.39 is 24.3 Å². The standard InChI is InChI=1S/C14H21N5O.2C2HF3O2/c1-17(2)13(20)10-18-6-11-8-19(9-12(11)7-18)14-15-4-3-5-16-14;2*3-2(4,5)1(6)7/h3-5,11-12H,6-10H2,1-2H3;2*(H,6,7)/t11-,12+;;. The van der Waals surface area contributed by atoms with Gasteiger partial charge in [-0.25, -0.2) is 19.6 Å². The number of hydrogen-bond acceptors (Lipinski definition) is 7. The molecule has 3 rings (SSSR count). The molecule has 0 bridgehead atoms. The first-order valence-electron chi connectivity index (χ1n) is 9.57. The fraction of sp³-hybridized carbons (Fsp3) is 0.611. The number of nitrogens with zero attached hydrogens (tertiary/aromatic N) is 5. The minimum absolute atomic E-state index is 0.188. The number of carboxylic acids is 2. The summed E-state index contributed by atoms with van der Waals surface area (Å²) in [5.41, 5.74) is 0. The van der Waals surface area contributed by atoms with Gasteiger partial charge in [0.15, 0.2) is 0 Å². The van der Waals surface area contributed by atoms with Crippen LogP contribution in [0.1, 0.15) is 0 Å². The number of alkyl halides is 6. The third-order valence-electron chi connectivity index (χ3n) is 4.74. The van der Waals surface area contributed by atoms with Crippen molar-refractivity contribution in [3.05, 3.63) is 18.5 Å². The molecule has 1 amide bonds. The minimum atomic E-state index is -5.08. The van der Waals surface area contributed by atoms with Gasteiger partial charge in [-0.05, 0) is 17.9 Å². The van der Waals surface area contributed by atoms with Crippen LogP contribution >= 0.6 is 0 Å². The largest absolute Gasteiger partial charge is 0.490 e. The summed E-state index contributed by atoms with van der Waals surface area (Å²) < 4.78 is 63.5. The molecule has 2 aliphatic heterocycles. The molecule has 0 unspecified atom stereocenters. The molecular weight excluding hydrogens is 480 g/mol. The Morgan fingerprint density at radius 1 is 0.912 bits per heavy atom. The van der Waals surface area contributed by atoms with E-state index in [0.717, 1.165) is 32.1 Å². The van der Waals surface area contributed by atoms with Crippen molar-refractivity contribution in [3.8, 4) is 0 Å². The van der Waals surface area contributed by atoms with Crippen molar-refractivity contribution in [3.63, 3.8) is 0 Å². The molecule has 192 valence electrons. The second kappa shape index (κ2) is 11.8. The Kier molecular flexibility index (Phi) is 10.0. The lowest BCUT2D eigenvalue weighted by molar-refractivity contribution is -0.193. The average Bonchev–Trinajstić information content (AvgIpc) is 3.26. The van der Waals surface area contributed by atoms with E-state index in [1.807, 2.05) is 20.2 Å². The van der Waals surface area contributed by atoms with Crippen LogP contribution in [0.5, 0.6) is 0 Å². The predicted molar refractivity (Wildman–Crippen MR) is 104 cm³/mol. The van der Waals surface area contributed by atoms with E-state index in [2.05, 4.69) is 19.8 Å². The van der Waals surface area contributed by atoms with Gasteiger partial charge in [0.25, 0.3) is 0 Å². The Morgan fingerprint density at radius 3 is 1.62 bits per heavy atom. The van der Waals surface area contributed by atoms with E-state index in [4.69, 9.17) is 19.8 Å². The summed E-state index contributed by atoms with van der Waals surface area (Å²) in [5.74, 6) is -3.23. The number of fused-ring (bicyclic) bond motifs is 1. The maximum Gasteiger partial charge on any atom is 0.490 e. The number of rotatable bonds is 3. The van der Waals surface area contributed by atoms with Crippen LogP contribution in [0, 0.1) is 11.8 Å². The van der Waals surface area contributed by atoms with Crippen LogP contribution in [0.25, 0.3) is 0 Å². The van der Waals surface area contributed by atoms with E-state index in [9.17, 15) is 31.1 Å². The molecule has 10 nitrogen and oxygen atoms in total. The number of carboxylic acid groups (broad SMARTS) is 2. The summed E-state index contributed by atoms with van der Waals surface area (Å²) in [7, 11) is 3.63. The van der Waals surface area contributed by atoms with Crippen LogP contribution < -0.4 is 4.90 Å². The van der Waals surface area contributed by atoms with Gasteiger partial charge in [0.1, 0.15) is 0 Å². The number of halogens is 6. The number of aromatic nitrogens is 2. The third-order valence-corrected chi connectivity index (χ3v) is 4.74. The molecule has 1 aromatic heterocycles. The third kappa shape index (κ3) is 9.36. The van der Waals surface area contributed by atoms with Gasteiger partial charge >= 0.3 is 24.3 Å². The number of carbonyl (C=O) groups excluding carboxylic acids is 1. The smallest absolute Gasteiger partial charge is 0.475 e. The topological polar surface area (TPSA) is 127 Å². The van der Waals surface area contributed by atoms with Crippen molar-refractivity contribution in [2.45, 2.75) is 12.4 Å². The van der Waals surface area contributed by atoms with E-state index in [1.54, 1.807) is 17.3 Å². The van der Waals surface area contributed by atoms with Crippen molar-refractivity contribution in [1.82, 2.24) is 19.8 Å². The highest BCUT2D eigenvalue weighted by atomic mass is 19.4. The number of amides is 1. The Bertz CT molecular complexity index is 799. The lowest BCUT2D eigenvalue weighted by Crippen LogP contribution is -2.37. The van der Waals surface area contributed by atoms with Crippen molar-refractivity contribution in [2.24, 2.45) is 11.8 Å². The molecule has 1 aromatic rings. The predicted octanol–water partition coefficient (Wildman–Crippen LogP) is 1.20. The minimum Gasteiger partial charge on any atom is -0.475 e. The molecule has 0 aromatic carbocycles. The quantitative estimate of drug-likeness (QED) is 0.585. The van der Waals surface area contributed by atoms with Gasteiger partial charge in [0.2, 0.25) is 11.9 Å². The number of likely N-dealkylation sites (tertiary alicyclic amines) is 1. The fourth-order valence-corrected chi connectivity index (χ4v) is 3.17. The summed E-state index contributed by atoms with van der Waals surface area (Å²) in [5, 5.41) is 14.2. The molecule has 0 radical (unpaired) electrons. The fourth-order valence-electron chi connectivity index (χ4n) is 3.17. The first-order valence-corrected chi connectivity index (χ1v) is 9.57. The van der Waals surface area contributed by atoms with E-state index in [0.29, 0.717) is 18.4 Å². The monoisotopic (exact) mass is 503 g/mol. The number of anilines is 1. The van der Waals surface area contributed by atoms with E-state index >= 15 is 0 Å². The Morgan fingerprint density at radius 2 is 1.29 bits per heavy atom.